The van der Waals surface area contributed by atoms with E-state index in [9.17, 15) is 22.7 Å². The van der Waals surface area contributed by atoms with Crippen molar-refractivity contribution in [3.05, 3.63) is 82.5 Å². The molecule has 0 bridgehead atoms. The van der Waals surface area contributed by atoms with Gasteiger partial charge in [0.2, 0.25) is 11.6 Å². The number of aliphatic hydroxyl groups excluding tert-OH is 1. The van der Waals surface area contributed by atoms with Gasteiger partial charge in [-0.15, -0.1) is 0 Å². The Morgan fingerprint density at radius 3 is 2.06 bits per heavy atom. The van der Waals surface area contributed by atoms with Crippen molar-refractivity contribution in [2.75, 3.05) is 13.2 Å². The van der Waals surface area contributed by atoms with Crippen LogP contribution in [0, 0.1) is 29.2 Å². The second kappa shape index (κ2) is 11.5. The Bertz CT molecular complexity index is 1130. The monoisotopic (exact) mass is 504 g/mol. The lowest BCUT2D eigenvalue weighted by Crippen LogP contribution is -2.23. The van der Waals surface area contributed by atoms with Crippen LogP contribution in [0.15, 0.2) is 48.1 Å². The van der Waals surface area contributed by atoms with Gasteiger partial charge in [0.25, 0.3) is 0 Å². The summed E-state index contributed by atoms with van der Waals surface area (Å²) in [4.78, 5) is 0. The second-order valence-electron chi connectivity index (χ2n) is 9.62. The molecule has 194 valence electrons. The zero-order valence-corrected chi connectivity index (χ0v) is 20.6. The maximum absolute atomic E-state index is 14.8. The first-order valence-electron chi connectivity index (χ1n) is 12.6. The molecule has 0 aliphatic heterocycles. The molecule has 0 heterocycles. The molecule has 2 aliphatic carbocycles. The highest BCUT2D eigenvalue weighted by molar-refractivity contribution is 5.39. The third kappa shape index (κ3) is 5.61. The minimum atomic E-state index is -1.00. The van der Waals surface area contributed by atoms with Gasteiger partial charge < -0.3 is 14.6 Å². The van der Waals surface area contributed by atoms with E-state index in [-0.39, 0.29) is 54.1 Å². The van der Waals surface area contributed by atoms with Crippen LogP contribution in [-0.2, 0) is 0 Å². The lowest BCUT2D eigenvalue weighted by atomic mass is 9.77. The van der Waals surface area contributed by atoms with E-state index in [1.807, 2.05) is 6.08 Å². The molecule has 2 aromatic rings. The van der Waals surface area contributed by atoms with E-state index in [1.165, 1.54) is 18.2 Å². The molecule has 0 spiro atoms. The summed E-state index contributed by atoms with van der Waals surface area (Å²) >= 11 is 0. The third-order valence-corrected chi connectivity index (χ3v) is 7.32. The quantitative estimate of drug-likeness (QED) is 0.382. The Labute approximate surface area is 209 Å². The Kier molecular flexibility index (Phi) is 8.39. The Hall–Kier alpha value is -2.80. The molecule has 0 radical (unpaired) electrons. The van der Waals surface area contributed by atoms with Crippen LogP contribution in [0.25, 0.3) is 0 Å². The normalized spacial score (nSPS) is 22.8. The van der Waals surface area contributed by atoms with Gasteiger partial charge in [-0.2, -0.15) is 8.78 Å². The number of rotatable bonds is 8. The van der Waals surface area contributed by atoms with Crippen LogP contribution in [0.4, 0.5) is 17.6 Å². The zero-order valence-electron chi connectivity index (χ0n) is 20.6. The summed E-state index contributed by atoms with van der Waals surface area (Å²) < 4.78 is 69.0. The molecule has 2 aromatic carbocycles. The first-order chi connectivity index (χ1) is 17.3. The fraction of sp³-hybridized carbons (Fsp3) is 0.448. The van der Waals surface area contributed by atoms with E-state index < -0.39 is 23.3 Å². The first kappa shape index (κ1) is 26.3. The first-order valence-corrected chi connectivity index (χ1v) is 12.6. The maximum atomic E-state index is 14.8. The lowest BCUT2D eigenvalue weighted by Gasteiger charge is -2.30. The molecule has 2 atom stereocenters. The number of hydrogen-bond acceptors (Lipinski definition) is 3. The number of allylic oxidation sites excluding steroid dienone is 2. The van der Waals surface area contributed by atoms with Crippen LogP contribution in [-0.4, -0.2) is 24.4 Å². The average Bonchev–Trinajstić information content (AvgIpc) is 2.88. The molecule has 3 nitrogen and oxygen atoms in total. The predicted molar refractivity (Wildman–Crippen MR) is 130 cm³/mol. The van der Waals surface area contributed by atoms with Gasteiger partial charge in [0.1, 0.15) is 6.61 Å². The van der Waals surface area contributed by atoms with Gasteiger partial charge in [0.15, 0.2) is 23.1 Å². The molecule has 1 N–H and O–H groups in total. The van der Waals surface area contributed by atoms with Crippen molar-refractivity contribution in [1.82, 2.24) is 0 Å². The summed E-state index contributed by atoms with van der Waals surface area (Å²) in [5.74, 6) is -4.31. The maximum Gasteiger partial charge on any atom is 0.200 e. The van der Waals surface area contributed by atoms with Crippen LogP contribution in [0.2, 0.25) is 0 Å². The largest absolute Gasteiger partial charge is 0.491 e. The minimum absolute atomic E-state index is 0.0263. The second-order valence-corrected chi connectivity index (χ2v) is 9.62. The molecule has 7 heteroatoms. The van der Waals surface area contributed by atoms with Crippen molar-refractivity contribution in [3.63, 3.8) is 0 Å². The highest BCUT2D eigenvalue weighted by Crippen LogP contribution is 2.40. The van der Waals surface area contributed by atoms with Gasteiger partial charge in [0.05, 0.1) is 12.7 Å². The van der Waals surface area contributed by atoms with Gasteiger partial charge in [-0.1, -0.05) is 30.4 Å². The molecular formula is C29H32F4O3. The lowest BCUT2D eigenvalue weighted by molar-refractivity contribution is 0.0963. The third-order valence-electron chi connectivity index (χ3n) is 7.32. The SMILES string of the molecule is CCOc1ccc(C2C=CC(COc3ccc(C4CCC(C(C)O)CC4)c(F)c3F)=CC2)c(F)c1F. The fourth-order valence-corrected chi connectivity index (χ4v) is 5.15. The molecule has 4 rings (SSSR count). The fourth-order valence-electron chi connectivity index (χ4n) is 5.15. The Morgan fingerprint density at radius 2 is 1.47 bits per heavy atom. The Balaban J connectivity index is 1.36. The summed E-state index contributed by atoms with van der Waals surface area (Å²) in [5.41, 5.74) is 1.32. The van der Waals surface area contributed by atoms with Crippen molar-refractivity contribution < 1.29 is 32.1 Å². The highest BCUT2D eigenvalue weighted by Gasteiger charge is 2.28. The van der Waals surface area contributed by atoms with E-state index in [2.05, 4.69) is 0 Å². The average molecular weight is 505 g/mol. The van der Waals surface area contributed by atoms with Crippen molar-refractivity contribution >= 4 is 0 Å². The van der Waals surface area contributed by atoms with Crippen LogP contribution >= 0.6 is 0 Å². The molecule has 0 aromatic heterocycles. The number of halogens is 4. The number of aliphatic hydroxyl groups is 1. The van der Waals surface area contributed by atoms with Crippen LogP contribution in [0.1, 0.15) is 68.9 Å². The molecular weight excluding hydrogens is 472 g/mol. The molecule has 2 unspecified atom stereocenters. The van der Waals surface area contributed by atoms with Gasteiger partial charge in [-0.05, 0) is 86.6 Å². The number of ether oxygens (including phenoxy) is 2. The standard InChI is InChI=1S/C29H32F4O3/c1-3-35-24-14-12-22(26(30)28(24)32)20-6-4-18(5-7-20)16-36-25-15-13-23(27(31)29(25)33)21-10-8-19(9-11-21)17(2)34/h4-6,12-15,17,19-21,34H,3,7-11,16H2,1-2H3. The summed E-state index contributed by atoms with van der Waals surface area (Å²) in [6, 6.07) is 5.99. The van der Waals surface area contributed by atoms with E-state index in [0.29, 0.717) is 24.8 Å². The van der Waals surface area contributed by atoms with Crippen molar-refractivity contribution in [3.8, 4) is 11.5 Å². The van der Waals surface area contributed by atoms with E-state index in [1.54, 1.807) is 32.1 Å². The van der Waals surface area contributed by atoms with Crippen LogP contribution in [0.5, 0.6) is 11.5 Å². The van der Waals surface area contributed by atoms with Gasteiger partial charge in [-0.25, -0.2) is 8.78 Å². The van der Waals surface area contributed by atoms with E-state index in [4.69, 9.17) is 9.47 Å². The molecule has 0 saturated heterocycles. The molecule has 1 saturated carbocycles. The topological polar surface area (TPSA) is 38.7 Å². The van der Waals surface area contributed by atoms with Crippen molar-refractivity contribution in [2.24, 2.45) is 5.92 Å². The smallest absolute Gasteiger partial charge is 0.200 e. The summed E-state index contributed by atoms with van der Waals surface area (Å²) in [6.07, 6.45) is 8.33. The van der Waals surface area contributed by atoms with E-state index in [0.717, 1.165) is 18.4 Å². The van der Waals surface area contributed by atoms with Crippen LogP contribution in [0.3, 0.4) is 0 Å². The predicted octanol–water partition coefficient (Wildman–Crippen LogP) is 7.35. The summed E-state index contributed by atoms with van der Waals surface area (Å²) in [6.45, 7) is 3.73. The van der Waals surface area contributed by atoms with Crippen LogP contribution < -0.4 is 9.47 Å². The van der Waals surface area contributed by atoms with Gasteiger partial charge in [-0.3, -0.25) is 0 Å². The molecule has 36 heavy (non-hydrogen) atoms. The zero-order chi connectivity index (χ0) is 25.8. The number of benzene rings is 2. The summed E-state index contributed by atoms with van der Waals surface area (Å²) in [7, 11) is 0. The molecule has 2 aliphatic rings. The highest BCUT2D eigenvalue weighted by atomic mass is 19.2. The molecule has 0 amide bonds. The van der Waals surface area contributed by atoms with Crippen molar-refractivity contribution in [1.29, 1.82) is 0 Å². The van der Waals surface area contributed by atoms with E-state index >= 15 is 0 Å². The minimum Gasteiger partial charge on any atom is -0.491 e. The van der Waals surface area contributed by atoms with Gasteiger partial charge >= 0.3 is 0 Å². The Morgan fingerprint density at radius 1 is 0.861 bits per heavy atom. The number of hydrogen-bond donors (Lipinski definition) is 1. The van der Waals surface area contributed by atoms with Crippen molar-refractivity contribution in [2.45, 2.75) is 63.9 Å². The summed E-state index contributed by atoms with van der Waals surface area (Å²) in [5, 5.41) is 9.76. The van der Waals surface area contributed by atoms with Gasteiger partial charge in [0, 0.05) is 5.92 Å². The molecule has 1 fully saturated rings.